The Kier molecular flexibility index (Phi) is 3.55. The fourth-order valence-corrected chi connectivity index (χ4v) is 3.10. The summed E-state index contributed by atoms with van der Waals surface area (Å²) in [5, 5.41) is 2.98. The molecule has 0 amide bonds. The number of benzene rings is 1. The average Bonchev–Trinajstić information content (AvgIpc) is 3.05. The Bertz CT molecular complexity index is 748. The Morgan fingerprint density at radius 2 is 2.10 bits per heavy atom. The van der Waals surface area contributed by atoms with Crippen molar-refractivity contribution >= 4 is 28.3 Å². The van der Waals surface area contributed by atoms with E-state index in [9.17, 15) is 0 Å². The number of anilines is 1. The van der Waals surface area contributed by atoms with Gasteiger partial charge in [0.05, 0.1) is 17.7 Å². The van der Waals surface area contributed by atoms with Crippen molar-refractivity contribution in [2.75, 3.05) is 5.73 Å². The monoisotopic (exact) mass is 302 g/mol. The number of thiazole rings is 1. The van der Waals surface area contributed by atoms with Gasteiger partial charge in [-0.1, -0.05) is 6.07 Å². The number of fused-ring (bicyclic) bond motifs is 1. The van der Waals surface area contributed by atoms with E-state index in [-0.39, 0.29) is 12.1 Å². The Labute approximate surface area is 127 Å². The summed E-state index contributed by atoms with van der Waals surface area (Å²) in [7, 11) is 0. The second-order valence-corrected chi connectivity index (χ2v) is 6.10. The van der Waals surface area contributed by atoms with Crippen LogP contribution in [0.25, 0.3) is 11.0 Å². The van der Waals surface area contributed by atoms with E-state index in [4.69, 9.17) is 10.5 Å². The Hall–Kier alpha value is -2.08. The molecule has 0 aliphatic rings. The third-order valence-corrected chi connectivity index (χ3v) is 4.22. The lowest BCUT2D eigenvalue weighted by Crippen LogP contribution is -2.09. The number of imidazole rings is 1. The molecule has 0 bridgehead atoms. The van der Waals surface area contributed by atoms with Crippen molar-refractivity contribution < 1.29 is 4.74 Å². The molecule has 0 spiro atoms. The zero-order valence-corrected chi connectivity index (χ0v) is 13.1. The molecule has 110 valence electrons. The van der Waals surface area contributed by atoms with Crippen LogP contribution < -0.4 is 10.5 Å². The molecule has 6 heteroatoms. The summed E-state index contributed by atoms with van der Waals surface area (Å²) >= 11 is 1.61. The maximum absolute atomic E-state index is 6.13. The van der Waals surface area contributed by atoms with E-state index in [1.54, 1.807) is 17.5 Å². The van der Waals surface area contributed by atoms with Gasteiger partial charge < -0.3 is 15.0 Å². The standard InChI is InChI=1S/C15H18N4OS/c1-9(2)20-12-6-4-5-11-13(12)18-15(16)19(11)10(3)14-17-7-8-21-14/h4-10H,1-3H3,(H2,16,18). The van der Waals surface area contributed by atoms with Crippen molar-refractivity contribution in [3.8, 4) is 5.75 Å². The lowest BCUT2D eigenvalue weighted by atomic mass is 10.2. The molecule has 2 heterocycles. The van der Waals surface area contributed by atoms with E-state index in [2.05, 4.69) is 16.9 Å². The van der Waals surface area contributed by atoms with E-state index in [0.717, 1.165) is 21.8 Å². The Morgan fingerprint density at radius 3 is 2.76 bits per heavy atom. The van der Waals surface area contributed by atoms with E-state index >= 15 is 0 Å². The van der Waals surface area contributed by atoms with Crippen LogP contribution >= 0.6 is 11.3 Å². The third-order valence-electron chi connectivity index (χ3n) is 3.27. The first-order valence-electron chi connectivity index (χ1n) is 6.90. The number of nitrogen functional groups attached to an aromatic ring is 1. The summed E-state index contributed by atoms with van der Waals surface area (Å²) in [6.45, 7) is 6.07. The molecule has 2 N–H and O–H groups in total. The number of para-hydroxylation sites is 1. The van der Waals surface area contributed by atoms with Gasteiger partial charge in [0.2, 0.25) is 5.95 Å². The van der Waals surface area contributed by atoms with Gasteiger partial charge in [0.15, 0.2) is 0 Å². The molecular weight excluding hydrogens is 284 g/mol. The van der Waals surface area contributed by atoms with Gasteiger partial charge >= 0.3 is 0 Å². The van der Waals surface area contributed by atoms with Gasteiger partial charge in [-0.25, -0.2) is 9.97 Å². The van der Waals surface area contributed by atoms with Gasteiger partial charge in [0.25, 0.3) is 0 Å². The van der Waals surface area contributed by atoms with Gasteiger partial charge in [-0.15, -0.1) is 11.3 Å². The first-order valence-corrected chi connectivity index (χ1v) is 7.78. The molecule has 0 radical (unpaired) electrons. The van der Waals surface area contributed by atoms with E-state index in [1.807, 2.05) is 42.0 Å². The fourth-order valence-electron chi connectivity index (χ4n) is 2.42. The molecule has 0 saturated heterocycles. The van der Waals surface area contributed by atoms with Crippen molar-refractivity contribution in [3.63, 3.8) is 0 Å². The highest BCUT2D eigenvalue weighted by molar-refractivity contribution is 7.09. The molecule has 2 aromatic heterocycles. The number of hydrogen-bond acceptors (Lipinski definition) is 5. The minimum absolute atomic E-state index is 0.0456. The summed E-state index contributed by atoms with van der Waals surface area (Å²) in [6.07, 6.45) is 1.90. The average molecular weight is 302 g/mol. The Balaban J connectivity index is 2.14. The van der Waals surface area contributed by atoms with Crippen molar-refractivity contribution in [1.29, 1.82) is 0 Å². The number of nitrogens with zero attached hydrogens (tertiary/aromatic N) is 3. The van der Waals surface area contributed by atoms with Crippen LogP contribution in [-0.2, 0) is 0 Å². The van der Waals surface area contributed by atoms with Crippen LogP contribution in [0.5, 0.6) is 5.75 Å². The zero-order valence-electron chi connectivity index (χ0n) is 12.3. The first-order chi connectivity index (χ1) is 10.1. The predicted octanol–water partition coefficient (Wildman–Crippen LogP) is 3.47. The van der Waals surface area contributed by atoms with Crippen LogP contribution in [0, 0.1) is 0 Å². The van der Waals surface area contributed by atoms with Crippen molar-refractivity contribution in [2.45, 2.75) is 32.9 Å². The quantitative estimate of drug-likeness (QED) is 0.801. The maximum atomic E-state index is 6.13. The van der Waals surface area contributed by atoms with Crippen LogP contribution in [0.15, 0.2) is 29.8 Å². The van der Waals surface area contributed by atoms with Gasteiger partial charge in [-0.05, 0) is 32.9 Å². The topological polar surface area (TPSA) is 66.0 Å². The minimum atomic E-state index is 0.0456. The van der Waals surface area contributed by atoms with Crippen molar-refractivity contribution in [1.82, 2.24) is 14.5 Å². The minimum Gasteiger partial charge on any atom is -0.489 e. The van der Waals surface area contributed by atoms with Crippen molar-refractivity contribution in [2.24, 2.45) is 0 Å². The summed E-state index contributed by atoms with van der Waals surface area (Å²) in [5.41, 5.74) is 7.90. The lowest BCUT2D eigenvalue weighted by molar-refractivity contribution is 0.245. The second kappa shape index (κ2) is 5.37. The smallest absolute Gasteiger partial charge is 0.202 e. The van der Waals surface area contributed by atoms with Crippen LogP contribution in [0.3, 0.4) is 0 Å². The van der Waals surface area contributed by atoms with E-state index < -0.39 is 0 Å². The first kappa shape index (κ1) is 13.9. The summed E-state index contributed by atoms with van der Waals surface area (Å²) < 4.78 is 7.82. The SMILES string of the molecule is CC(C)Oc1cccc2c1nc(N)n2C(C)c1nccs1. The van der Waals surface area contributed by atoms with Gasteiger partial charge in [-0.2, -0.15) is 0 Å². The maximum Gasteiger partial charge on any atom is 0.202 e. The number of rotatable bonds is 4. The number of ether oxygens (including phenoxy) is 1. The highest BCUT2D eigenvalue weighted by atomic mass is 32.1. The molecule has 0 aliphatic carbocycles. The molecule has 0 fully saturated rings. The molecule has 0 aliphatic heterocycles. The molecule has 1 atom stereocenters. The summed E-state index contributed by atoms with van der Waals surface area (Å²) in [4.78, 5) is 8.86. The molecule has 21 heavy (non-hydrogen) atoms. The molecule has 0 saturated carbocycles. The molecule has 3 rings (SSSR count). The molecule has 1 aromatic carbocycles. The molecule has 3 aromatic rings. The van der Waals surface area contributed by atoms with Crippen molar-refractivity contribution in [3.05, 3.63) is 34.8 Å². The van der Waals surface area contributed by atoms with Crippen LogP contribution in [0.2, 0.25) is 0 Å². The number of nitrogens with two attached hydrogens (primary N) is 1. The van der Waals surface area contributed by atoms with E-state index in [0.29, 0.717) is 5.95 Å². The van der Waals surface area contributed by atoms with Crippen LogP contribution in [0.1, 0.15) is 31.8 Å². The zero-order chi connectivity index (χ0) is 15.0. The van der Waals surface area contributed by atoms with Gasteiger partial charge in [0.1, 0.15) is 16.3 Å². The van der Waals surface area contributed by atoms with Gasteiger partial charge in [-0.3, -0.25) is 0 Å². The lowest BCUT2D eigenvalue weighted by Gasteiger charge is -2.14. The molecule has 1 unspecified atom stereocenters. The highest BCUT2D eigenvalue weighted by Crippen LogP contribution is 2.32. The largest absolute Gasteiger partial charge is 0.489 e. The third kappa shape index (κ3) is 2.47. The normalized spacial score (nSPS) is 13.0. The summed E-state index contributed by atoms with van der Waals surface area (Å²) in [5.74, 6) is 1.24. The number of aromatic nitrogens is 3. The van der Waals surface area contributed by atoms with Crippen LogP contribution in [0.4, 0.5) is 5.95 Å². The second-order valence-electron chi connectivity index (χ2n) is 5.18. The predicted molar refractivity (Wildman–Crippen MR) is 85.8 cm³/mol. The molecular formula is C15H18N4OS. The number of hydrogen-bond donors (Lipinski definition) is 1. The molecule has 5 nitrogen and oxygen atoms in total. The van der Waals surface area contributed by atoms with Crippen LogP contribution in [-0.4, -0.2) is 20.6 Å². The van der Waals surface area contributed by atoms with Gasteiger partial charge in [0, 0.05) is 11.6 Å². The Morgan fingerprint density at radius 1 is 1.29 bits per heavy atom. The highest BCUT2D eigenvalue weighted by Gasteiger charge is 2.19. The fraction of sp³-hybridized carbons (Fsp3) is 0.333. The van der Waals surface area contributed by atoms with E-state index in [1.165, 1.54) is 0 Å². The summed E-state index contributed by atoms with van der Waals surface area (Å²) in [6, 6.07) is 5.94.